The number of aryl methyl sites for hydroxylation is 1. The van der Waals surface area contributed by atoms with Crippen LogP contribution >= 0.6 is 0 Å². The molecule has 0 heterocycles. The first-order chi connectivity index (χ1) is 9.49. The zero-order valence-corrected chi connectivity index (χ0v) is 12.7. The molecule has 20 heavy (non-hydrogen) atoms. The van der Waals surface area contributed by atoms with E-state index in [-0.39, 0.29) is 5.91 Å². The van der Waals surface area contributed by atoms with Crippen molar-refractivity contribution < 1.29 is 9.53 Å². The molecule has 0 atom stereocenters. The lowest BCUT2D eigenvalue weighted by Crippen LogP contribution is -2.13. The number of hydrogen-bond acceptors (Lipinski definition) is 3. The van der Waals surface area contributed by atoms with Crippen LogP contribution in [0.2, 0.25) is 0 Å². The fraction of sp³-hybridized carbons (Fsp3) is 0.562. The topological polar surface area (TPSA) is 64.3 Å². The van der Waals surface area contributed by atoms with Gasteiger partial charge in [0.05, 0.1) is 0 Å². The Kier molecular flexibility index (Phi) is 7.09. The Balaban J connectivity index is 2.20. The highest BCUT2D eigenvalue weighted by atomic mass is 16.5. The number of nitrogens with two attached hydrogens (primary N) is 1. The molecule has 1 aromatic rings. The highest BCUT2D eigenvalue weighted by molar-refractivity contribution is 5.91. The summed E-state index contributed by atoms with van der Waals surface area (Å²) in [5.74, 6) is 0.678. The zero-order chi connectivity index (χ0) is 15.0. The molecule has 1 aromatic carbocycles. The van der Waals surface area contributed by atoms with Gasteiger partial charge in [-0.2, -0.15) is 0 Å². The molecule has 112 valence electrons. The molecule has 0 aliphatic heterocycles. The summed E-state index contributed by atoms with van der Waals surface area (Å²) in [5, 5.41) is 2.90. The molecule has 0 unspecified atom stereocenters. The number of ether oxygens (including phenoxy) is 1. The number of nitrogens with one attached hydrogen (secondary N) is 1. The Labute approximate surface area is 121 Å². The van der Waals surface area contributed by atoms with E-state index in [1.807, 2.05) is 19.1 Å². The summed E-state index contributed by atoms with van der Waals surface area (Å²) in [6.07, 6.45) is 2.29. The Bertz CT molecular complexity index is 430. The molecular formula is C16H26N2O2. The van der Waals surface area contributed by atoms with Gasteiger partial charge in [0.2, 0.25) is 5.91 Å². The second kappa shape index (κ2) is 8.59. The smallest absolute Gasteiger partial charge is 0.224 e. The first-order valence-corrected chi connectivity index (χ1v) is 7.22. The third-order valence-corrected chi connectivity index (χ3v) is 3.06. The van der Waals surface area contributed by atoms with Gasteiger partial charge in [0, 0.05) is 31.0 Å². The van der Waals surface area contributed by atoms with Crippen LogP contribution in [0.4, 0.5) is 11.4 Å². The van der Waals surface area contributed by atoms with Gasteiger partial charge in [-0.1, -0.05) is 13.8 Å². The van der Waals surface area contributed by atoms with Crippen LogP contribution in [0.25, 0.3) is 0 Å². The summed E-state index contributed by atoms with van der Waals surface area (Å²) < 4.78 is 5.49. The maximum atomic E-state index is 11.8. The van der Waals surface area contributed by atoms with E-state index in [1.165, 1.54) is 0 Å². The van der Waals surface area contributed by atoms with Gasteiger partial charge in [0.1, 0.15) is 0 Å². The molecule has 1 rings (SSSR count). The van der Waals surface area contributed by atoms with E-state index in [9.17, 15) is 4.79 Å². The van der Waals surface area contributed by atoms with Gasteiger partial charge < -0.3 is 15.8 Å². The minimum absolute atomic E-state index is 0.0188. The number of amides is 1. The lowest BCUT2D eigenvalue weighted by molar-refractivity contribution is -0.116. The molecule has 0 aliphatic rings. The molecule has 4 heteroatoms. The monoisotopic (exact) mass is 278 g/mol. The third-order valence-electron chi connectivity index (χ3n) is 3.06. The number of benzene rings is 1. The second-order valence-electron chi connectivity index (χ2n) is 5.52. The summed E-state index contributed by atoms with van der Waals surface area (Å²) in [7, 11) is 0. The summed E-state index contributed by atoms with van der Waals surface area (Å²) in [6.45, 7) is 7.69. The Morgan fingerprint density at radius 2 is 2.10 bits per heavy atom. The van der Waals surface area contributed by atoms with Crippen molar-refractivity contribution >= 4 is 17.3 Å². The molecule has 3 N–H and O–H groups in total. The van der Waals surface area contributed by atoms with Crippen LogP contribution in [0, 0.1) is 12.8 Å². The van der Waals surface area contributed by atoms with E-state index in [4.69, 9.17) is 10.5 Å². The van der Waals surface area contributed by atoms with Crippen molar-refractivity contribution in [1.29, 1.82) is 0 Å². The first kappa shape index (κ1) is 16.5. The molecule has 0 spiro atoms. The average molecular weight is 278 g/mol. The van der Waals surface area contributed by atoms with Crippen LogP contribution < -0.4 is 11.1 Å². The number of rotatable bonds is 8. The van der Waals surface area contributed by atoms with E-state index in [2.05, 4.69) is 19.2 Å². The summed E-state index contributed by atoms with van der Waals surface area (Å²) >= 11 is 0. The van der Waals surface area contributed by atoms with Crippen LogP contribution in [-0.2, 0) is 9.53 Å². The highest BCUT2D eigenvalue weighted by Gasteiger charge is 2.05. The first-order valence-electron chi connectivity index (χ1n) is 7.22. The highest BCUT2D eigenvalue weighted by Crippen LogP contribution is 2.17. The lowest BCUT2D eigenvalue weighted by atomic mass is 10.1. The minimum Gasteiger partial charge on any atom is -0.399 e. The Morgan fingerprint density at radius 1 is 1.35 bits per heavy atom. The Hall–Kier alpha value is -1.55. The molecule has 0 aliphatic carbocycles. The molecule has 0 saturated carbocycles. The van der Waals surface area contributed by atoms with Gasteiger partial charge in [-0.15, -0.1) is 0 Å². The number of anilines is 2. The van der Waals surface area contributed by atoms with Gasteiger partial charge in [-0.05, 0) is 49.4 Å². The second-order valence-corrected chi connectivity index (χ2v) is 5.52. The van der Waals surface area contributed by atoms with E-state index < -0.39 is 0 Å². The van der Waals surface area contributed by atoms with E-state index in [0.717, 1.165) is 30.7 Å². The predicted octanol–water partition coefficient (Wildman–Crippen LogP) is 3.36. The van der Waals surface area contributed by atoms with E-state index in [0.29, 0.717) is 24.6 Å². The van der Waals surface area contributed by atoms with Crippen LogP contribution in [0.1, 0.15) is 38.7 Å². The van der Waals surface area contributed by atoms with Crippen molar-refractivity contribution in [3.05, 3.63) is 23.8 Å². The predicted molar refractivity (Wildman–Crippen MR) is 83.7 cm³/mol. The summed E-state index contributed by atoms with van der Waals surface area (Å²) in [5.41, 5.74) is 8.19. The van der Waals surface area contributed by atoms with Crippen molar-refractivity contribution in [1.82, 2.24) is 0 Å². The minimum atomic E-state index is 0.0188. The van der Waals surface area contributed by atoms with Crippen LogP contribution in [0.3, 0.4) is 0 Å². The normalized spacial score (nSPS) is 10.8. The van der Waals surface area contributed by atoms with Gasteiger partial charge in [-0.25, -0.2) is 0 Å². The van der Waals surface area contributed by atoms with Crippen molar-refractivity contribution in [3.8, 4) is 0 Å². The van der Waals surface area contributed by atoms with Crippen molar-refractivity contribution in [2.24, 2.45) is 5.92 Å². The van der Waals surface area contributed by atoms with E-state index in [1.54, 1.807) is 6.07 Å². The quantitative estimate of drug-likeness (QED) is 0.566. The maximum Gasteiger partial charge on any atom is 0.224 e. The van der Waals surface area contributed by atoms with Crippen LogP contribution in [0.5, 0.6) is 0 Å². The van der Waals surface area contributed by atoms with Crippen molar-refractivity contribution in [2.75, 3.05) is 24.3 Å². The van der Waals surface area contributed by atoms with Gasteiger partial charge in [0.15, 0.2) is 0 Å². The zero-order valence-electron chi connectivity index (χ0n) is 12.7. The van der Waals surface area contributed by atoms with E-state index >= 15 is 0 Å². The molecule has 0 bridgehead atoms. The van der Waals surface area contributed by atoms with Gasteiger partial charge in [0.25, 0.3) is 0 Å². The molecule has 0 radical (unpaired) electrons. The largest absolute Gasteiger partial charge is 0.399 e. The van der Waals surface area contributed by atoms with Gasteiger partial charge >= 0.3 is 0 Å². The fourth-order valence-corrected chi connectivity index (χ4v) is 1.80. The number of nitrogen functional groups attached to an aromatic ring is 1. The molecular weight excluding hydrogens is 252 g/mol. The van der Waals surface area contributed by atoms with Crippen molar-refractivity contribution in [2.45, 2.75) is 40.0 Å². The molecule has 4 nitrogen and oxygen atoms in total. The molecule has 0 saturated heterocycles. The SMILES string of the molecule is Cc1cc(N)ccc1NC(=O)CCCOCCC(C)C. The number of carbonyl (C=O) groups excluding carboxylic acids is 1. The number of hydrogen-bond donors (Lipinski definition) is 2. The summed E-state index contributed by atoms with van der Waals surface area (Å²) in [4.78, 5) is 11.8. The number of carbonyl (C=O) groups is 1. The van der Waals surface area contributed by atoms with Crippen LogP contribution in [-0.4, -0.2) is 19.1 Å². The van der Waals surface area contributed by atoms with Crippen molar-refractivity contribution in [3.63, 3.8) is 0 Å². The average Bonchev–Trinajstić information content (AvgIpc) is 2.36. The molecule has 1 amide bonds. The lowest BCUT2D eigenvalue weighted by Gasteiger charge is -2.09. The molecule has 0 fully saturated rings. The standard InChI is InChI=1S/C16H26N2O2/c1-12(2)8-10-20-9-4-5-16(19)18-15-7-6-14(17)11-13(15)3/h6-7,11-12H,4-5,8-10,17H2,1-3H3,(H,18,19). The molecule has 0 aromatic heterocycles. The summed E-state index contributed by atoms with van der Waals surface area (Å²) in [6, 6.07) is 5.48. The third kappa shape index (κ3) is 6.57. The van der Waals surface area contributed by atoms with Gasteiger partial charge in [-0.3, -0.25) is 4.79 Å². The van der Waals surface area contributed by atoms with Crippen LogP contribution in [0.15, 0.2) is 18.2 Å². The fourth-order valence-electron chi connectivity index (χ4n) is 1.80. The maximum absolute atomic E-state index is 11.8. The Morgan fingerprint density at radius 3 is 2.75 bits per heavy atom.